The van der Waals surface area contributed by atoms with Crippen LogP contribution in [0.4, 0.5) is 10.1 Å². The van der Waals surface area contributed by atoms with E-state index in [1.807, 2.05) is 13.8 Å². The van der Waals surface area contributed by atoms with E-state index in [0.717, 1.165) is 18.2 Å². The Bertz CT molecular complexity index is 489. The highest BCUT2D eigenvalue weighted by molar-refractivity contribution is 6.02. The number of carbonyl (C=O) groups excluding carboxylic acids is 1. The lowest BCUT2D eigenvalue weighted by Crippen LogP contribution is -2.37. The number of amides is 1. The van der Waals surface area contributed by atoms with Crippen LogP contribution >= 0.6 is 0 Å². The molecule has 0 spiro atoms. The van der Waals surface area contributed by atoms with Crippen molar-refractivity contribution in [3.05, 3.63) is 29.6 Å². The Labute approximate surface area is 110 Å². The maximum absolute atomic E-state index is 13.1. The van der Waals surface area contributed by atoms with Crippen LogP contribution in [0.2, 0.25) is 0 Å². The van der Waals surface area contributed by atoms with Crippen LogP contribution in [0.1, 0.15) is 30.6 Å². The van der Waals surface area contributed by atoms with Crippen LogP contribution in [0, 0.1) is 11.7 Å². The number of nitrogens with two attached hydrogens (primary N) is 1. The molecule has 0 aliphatic heterocycles. The lowest BCUT2D eigenvalue weighted by Gasteiger charge is -2.15. The average molecular weight is 268 g/mol. The average Bonchev–Trinajstić information content (AvgIpc) is 2.27. The maximum Gasteiger partial charge on any atom is 0.337 e. The van der Waals surface area contributed by atoms with Crippen LogP contribution in [0.25, 0.3) is 0 Å². The van der Waals surface area contributed by atoms with Crippen molar-refractivity contribution in [3.63, 3.8) is 0 Å². The van der Waals surface area contributed by atoms with Gasteiger partial charge in [0.25, 0.3) is 0 Å². The number of benzene rings is 1. The first-order valence-corrected chi connectivity index (χ1v) is 5.90. The third-order valence-electron chi connectivity index (χ3n) is 2.53. The number of carboxylic acids is 1. The third kappa shape index (κ3) is 4.33. The van der Waals surface area contributed by atoms with Crippen molar-refractivity contribution in [3.8, 4) is 0 Å². The van der Waals surface area contributed by atoms with Gasteiger partial charge in [0.1, 0.15) is 5.82 Å². The zero-order chi connectivity index (χ0) is 14.6. The van der Waals surface area contributed by atoms with Crippen LogP contribution in [0.15, 0.2) is 18.2 Å². The van der Waals surface area contributed by atoms with Crippen LogP contribution in [0.5, 0.6) is 0 Å². The molecule has 1 rings (SSSR count). The van der Waals surface area contributed by atoms with Crippen molar-refractivity contribution in [1.82, 2.24) is 0 Å². The van der Waals surface area contributed by atoms with E-state index in [4.69, 9.17) is 10.8 Å². The molecule has 0 bridgehead atoms. The van der Waals surface area contributed by atoms with Crippen molar-refractivity contribution >= 4 is 17.6 Å². The van der Waals surface area contributed by atoms with E-state index in [9.17, 15) is 14.0 Å². The molecule has 0 fully saturated rings. The van der Waals surface area contributed by atoms with E-state index in [0.29, 0.717) is 6.42 Å². The Hall–Kier alpha value is -1.95. The molecule has 5 nitrogen and oxygen atoms in total. The number of carboxylic acid groups (broad SMARTS) is 1. The first-order valence-electron chi connectivity index (χ1n) is 5.90. The monoisotopic (exact) mass is 268 g/mol. The Morgan fingerprint density at radius 3 is 2.58 bits per heavy atom. The molecular formula is C13H17FN2O3. The molecule has 4 N–H and O–H groups in total. The molecular weight excluding hydrogens is 251 g/mol. The fourth-order valence-corrected chi connectivity index (χ4v) is 1.65. The molecule has 0 saturated carbocycles. The van der Waals surface area contributed by atoms with Crippen molar-refractivity contribution in [1.29, 1.82) is 0 Å². The van der Waals surface area contributed by atoms with Crippen LogP contribution in [-0.2, 0) is 4.79 Å². The van der Waals surface area contributed by atoms with Crippen molar-refractivity contribution in [2.75, 3.05) is 5.32 Å². The quantitative estimate of drug-likeness (QED) is 0.759. The second-order valence-electron chi connectivity index (χ2n) is 4.72. The first kappa shape index (κ1) is 15.1. The summed E-state index contributed by atoms with van der Waals surface area (Å²) >= 11 is 0. The molecule has 6 heteroatoms. The van der Waals surface area contributed by atoms with Crippen molar-refractivity contribution in [2.24, 2.45) is 11.7 Å². The summed E-state index contributed by atoms with van der Waals surface area (Å²) in [5, 5.41) is 11.3. The fourth-order valence-electron chi connectivity index (χ4n) is 1.65. The molecule has 1 aromatic carbocycles. The summed E-state index contributed by atoms with van der Waals surface area (Å²) in [5.41, 5.74) is 5.42. The highest BCUT2D eigenvalue weighted by Gasteiger charge is 2.18. The Morgan fingerprint density at radius 2 is 2.05 bits per heavy atom. The molecule has 104 valence electrons. The van der Waals surface area contributed by atoms with Gasteiger partial charge in [-0.2, -0.15) is 0 Å². The van der Waals surface area contributed by atoms with Gasteiger partial charge in [0.15, 0.2) is 0 Å². The zero-order valence-electron chi connectivity index (χ0n) is 10.8. The van der Waals surface area contributed by atoms with Gasteiger partial charge in [-0.05, 0) is 30.5 Å². The third-order valence-corrected chi connectivity index (χ3v) is 2.53. The smallest absolute Gasteiger partial charge is 0.337 e. The van der Waals surface area contributed by atoms with Crippen LogP contribution in [0.3, 0.4) is 0 Å². The first-order chi connectivity index (χ1) is 8.81. The minimum Gasteiger partial charge on any atom is -0.478 e. The van der Waals surface area contributed by atoms with Gasteiger partial charge >= 0.3 is 5.97 Å². The van der Waals surface area contributed by atoms with Gasteiger partial charge in [0, 0.05) is 0 Å². The van der Waals surface area contributed by atoms with E-state index < -0.39 is 23.7 Å². The summed E-state index contributed by atoms with van der Waals surface area (Å²) in [4.78, 5) is 22.7. The molecule has 0 aliphatic carbocycles. The molecule has 0 saturated heterocycles. The van der Waals surface area contributed by atoms with E-state index >= 15 is 0 Å². The summed E-state index contributed by atoms with van der Waals surface area (Å²) < 4.78 is 13.1. The molecule has 0 aliphatic rings. The van der Waals surface area contributed by atoms with Gasteiger partial charge in [0.05, 0.1) is 17.3 Å². The van der Waals surface area contributed by atoms with Gasteiger partial charge in [-0.15, -0.1) is 0 Å². The van der Waals surface area contributed by atoms with Gasteiger partial charge in [-0.1, -0.05) is 13.8 Å². The van der Waals surface area contributed by atoms with E-state index in [1.54, 1.807) is 0 Å². The minimum atomic E-state index is -1.24. The number of carbonyl (C=O) groups is 2. The maximum atomic E-state index is 13.1. The van der Waals surface area contributed by atoms with Gasteiger partial charge in [-0.3, -0.25) is 4.79 Å². The standard InChI is InChI=1S/C13H17FN2O3/c1-7(2)5-10(15)12(17)16-11-6-8(14)3-4-9(11)13(18)19/h3-4,6-7,10H,5,15H2,1-2H3,(H,16,17)(H,18,19)/t10-/m1/s1. The van der Waals surface area contributed by atoms with Gasteiger partial charge in [-0.25, -0.2) is 9.18 Å². The van der Waals surface area contributed by atoms with Gasteiger partial charge < -0.3 is 16.2 Å². The predicted molar refractivity (Wildman–Crippen MR) is 69.4 cm³/mol. The van der Waals surface area contributed by atoms with Crippen molar-refractivity contribution in [2.45, 2.75) is 26.3 Å². The van der Waals surface area contributed by atoms with Crippen LogP contribution in [-0.4, -0.2) is 23.0 Å². The molecule has 1 atom stereocenters. The number of anilines is 1. The lowest BCUT2D eigenvalue weighted by molar-refractivity contribution is -0.117. The lowest BCUT2D eigenvalue weighted by atomic mass is 10.0. The second kappa shape index (κ2) is 6.29. The Kier molecular flexibility index (Phi) is 5.00. The molecule has 19 heavy (non-hydrogen) atoms. The number of halogens is 1. The number of rotatable bonds is 5. The largest absolute Gasteiger partial charge is 0.478 e. The summed E-state index contributed by atoms with van der Waals surface area (Å²) in [6, 6.07) is 2.32. The van der Waals surface area contributed by atoms with E-state index in [1.165, 1.54) is 0 Å². The molecule has 0 radical (unpaired) electrons. The number of nitrogens with one attached hydrogen (secondary N) is 1. The van der Waals surface area contributed by atoms with Gasteiger partial charge in [0.2, 0.25) is 5.91 Å². The summed E-state index contributed by atoms with van der Waals surface area (Å²) in [7, 11) is 0. The Balaban J connectivity index is 2.89. The topological polar surface area (TPSA) is 92.4 Å². The number of aromatic carboxylic acids is 1. The molecule has 0 aromatic heterocycles. The van der Waals surface area contributed by atoms with E-state index in [2.05, 4.69) is 5.32 Å². The molecule has 0 heterocycles. The van der Waals surface area contributed by atoms with Crippen molar-refractivity contribution < 1.29 is 19.1 Å². The predicted octanol–water partition coefficient (Wildman–Crippen LogP) is 1.84. The summed E-state index contributed by atoms with van der Waals surface area (Å²) in [6.07, 6.45) is 0.462. The highest BCUT2D eigenvalue weighted by Crippen LogP contribution is 2.18. The molecule has 0 unspecified atom stereocenters. The number of hydrogen-bond donors (Lipinski definition) is 3. The second-order valence-corrected chi connectivity index (χ2v) is 4.72. The normalized spacial score (nSPS) is 12.3. The van der Waals surface area contributed by atoms with E-state index in [-0.39, 0.29) is 17.2 Å². The van der Waals surface area contributed by atoms with Crippen LogP contribution < -0.4 is 11.1 Å². The summed E-state index contributed by atoms with van der Waals surface area (Å²) in [6.45, 7) is 3.83. The SMILES string of the molecule is CC(C)C[C@@H](N)C(=O)Nc1cc(F)ccc1C(=O)O. The summed E-state index contributed by atoms with van der Waals surface area (Å²) in [5.74, 6) is -2.17. The Morgan fingerprint density at radius 1 is 1.42 bits per heavy atom. The zero-order valence-corrected chi connectivity index (χ0v) is 10.8. The fraction of sp³-hybridized carbons (Fsp3) is 0.385. The minimum absolute atomic E-state index is 0.0864. The number of hydrogen-bond acceptors (Lipinski definition) is 3. The molecule has 1 amide bonds. The molecule has 1 aromatic rings. The highest BCUT2D eigenvalue weighted by atomic mass is 19.1.